The molecular weight excluding hydrogens is 176 g/mol. The summed E-state index contributed by atoms with van der Waals surface area (Å²) >= 11 is 1.20. The van der Waals surface area contributed by atoms with Gasteiger partial charge in [0.25, 0.3) is 0 Å². The maximum absolute atomic E-state index is 10.4. The van der Waals surface area contributed by atoms with Gasteiger partial charge in [-0.15, -0.1) is 0 Å². The standard InChI is InChI=1S/C8H8O3S/c1-11-12-7-4-2-6(3-5-7)8(9)10/h2-5H,1H3,(H,9,10). The van der Waals surface area contributed by atoms with Crippen LogP contribution in [0.1, 0.15) is 10.4 Å². The third-order valence-corrected chi connectivity index (χ3v) is 1.91. The Bertz CT molecular complexity index is 268. The molecular formula is C8H8O3S. The van der Waals surface area contributed by atoms with Gasteiger partial charge in [0, 0.05) is 16.9 Å². The van der Waals surface area contributed by atoms with Crippen LogP contribution in [-0.2, 0) is 4.18 Å². The molecule has 0 unspecified atom stereocenters. The predicted molar refractivity (Wildman–Crippen MR) is 46.3 cm³/mol. The molecule has 0 radical (unpaired) electrons. The van der Waals surface area contributed by atoms with E-state index in [1.54, 1.807) is 31.4 Å². The number of benzene rings is 1. The summed E-state index contributed by atoms with van der Waals surface area (Å²) in [6.45, 7) is 0. The van der Waals surface area contributed by atoms with Crippen molar-refractivity contribution in [3.8, 4) is 0 Å². The Kier molecular flexibility index (Phi) is 3.13. The molecule has 0 saturated heterocycles. The van der Waals surface area contributed by atoms with Crippen molar-refractivity contribution >= 4 is 18.0 Å². The fraction of sp³-hybridized carbons (Fsp3) is 0.125. The lowest BCUT2D eigenvalue weighted by atomic mass is 10.2. The van der Waals surface area contributed by atoms with Crippen molar-refractivity contribution in [2.24, 2.45) is 0 Å². The van der Waals surface area contributed by atoms with Crippen LogP contribution in [0.5, 0.6) is 0 Å². The van der Waals surface area contributed by atoms with Crippen molar-refractivity contribution < 1.29 is 14.1 Å². The minimum Gasteiger partial charge on any atom is -0.478 e. The third kappa shape index (κ3) is 2.25. The largest absolute Gasteiger partial charge is 0.478 e. The first-order valence-corrected chi connectivity index (χ1v) is 4.02. The molecule has 1 aromatic carbocycles. The summed E-state index contributed by atoms with van der Waals surface area (Å²) in [4.78, 5) is 11.3. The van der Waals surface area contributed by atoms with Gasteiger partial charge in [-0.2, -0.15) is 0 Å². The summed E-state index contributed by atoms with van der Waals surface area (Å²) in [6.07, 6.45) is 0. The highest BCUT2D eigenvalue weighted by Crippen LogP contribution is 2.17. The van der Waals surface area contributed by atoms with E-state index < -0.39 is 5.97 Å². The van der Waals surface area contributed by atoms with Crippen molar-refractivity contribution in [2.75, 3.05) is 7.11 Å². The molecule has 3 nitrogen and oxygen atoms in total. The molecule has 0 aliphatic rings. The highest BCUT2D eigenvalue weighted by molar-refractivity contribution is 7.94. The van der Waals surface area contributed by atoms with Crippen LogP contribution in [0.4, 0.5) is 0 Å². The van der Waals surface area contributed by atoms with E-state index >= 15 is 0 Å². The maximum atomic E-state index is 10.4. The van der Waals surface area contributed by atoms with Crippen LogP contribution in [-0.4, -0.2) is 18.2 Å². The first-order chi connectivity index (χ1) is 5.74. The molecule has 0 aromatic heterocycles. The van der Waals surface area contributed by atoms with Gasteiger partial charge < -0.3 is 9.29 Å². The van der Waals surface area contributed by atoms with E-state index in [1.165, 1.54) is 12.0 Å². The number of carbonyl (C=O) groups is 1. The normalized spacial score (nSPS) is 9.75. The Labute approximate surface area is 74.6 Å². The van der Waals surface area contributed by atoms with Crippen molar-refractivity contribution in [1.29, 1.82) is 0 Å². The number of aromatic carboxylic acids is 1. The molecule has 0 fully saturated rings. The minimum absolute atomic E-state index is 0.287. The van der Waals surface area contributed by atoms with E-state index in [4.69, 9.17) is 9.29 Å². The summed E-state index contributed by atoms with van der Waals surface area (Å²) in [6, 6.07) is 6.50. The summed E-state index contributed by atoms with van der Waals surface area (Å²) in [7, 11) is 1.57. The second-order valence-corrected chi connectivity index (χ2v) is 3.05. The highest BCUT2D eigenvalue weighted by atomic mass is 32.2. The van der Waals surface area contributed by atoms with E-state index in [1.807, 2.05) is 0 Å². The maximum Gasteiger partial charge on any atom is 0.335 e. The number of carboxylic acid groups (broad SMARTS) is 1. The van der Waals surface area contributed by atoms with Crippen LogP contribution in [0.25, 0.3) is 0 Å². The van der Waals surface area contributed by atoms with Crippen LogP contribution in [0.2, 0.25) is 0 Å². The molecule has 1 rings (SSSR count). The lowest BCUT2D eigenvalue weighted by Gasteiger charge is -1.97. The van der Waals surface area contributed by atoms with Crippen molar-refractivity contribution in [3.05, 3.63) is 29.8 Å². The first kappa shape index (κ1) is 9.09. The molecule has 0 bridgehead atoms. The number of rotatable bonds is 3. The fourth-order valence-electron chi connectivity index (χ4n) is 0.749. The average molecular weight is 184 g/mol. The van der Waals surface area contributed by atoms with E-state index in [0.717, 1.165) is 4.90 Å². The molecule has 0 saturated carbocycles. The van der Waals surface area contributed by atoms with Crippen LogP contribution in [0, 0.1) is 0 Å². The van der Waals surface area contributed by atoms with Crippen LogP contribution >= 0.6 is 12.0 Å². The molecule has 0 heterocycles. The summed E-state index contributed by atoms with van der Waals surface area (Å²) in [5.41, 5.74) is 0.287. The van der Waals surface area contributed by atoms with E-state index in [0.29, 0.717) is 0 Å². The van der Waals surface area contributed by atoms with Gasteiger partial charge >= 0.3 is 5.97 Å². The topological polar surface area (TPSA) is 46.5 Å². The third-order valence-electron chi connectivity index (χ3n) is 1.28. The SMILES string of the molecule is COSc1ccc(C(=O)O)cc1. The lowest BCUT2D eigenvalue weighted by molar-refractivity contribution is 0.0697. The lowest BCUT2D eigenvalue weighted by Crippen LogP contribution is -1.94. The van der Waals surface area contributed by atoms with Crippen molar-refractivity contribution in [3.63, 3.8) is 0 Å². The molecule has 0 amide bonds. The average Bonchev–Trinajstić information content (AvgIpc) is 2.06. The summed E-state index contributed by atoms with van der Waals surface area (Å²) < 4.78 is 4.80. The molecule has 0 aliphatic carbocycles. The Morgan fingerprint density at radius 3 is 2.42 bits per heavy atom. The molecule has 0 spiro atoms. The van der Waals surface area contributed by atoms with Gasteiger partial charge in [-0.05, 0) is 24.3 Å². The summed E-state index contributed by atoms with van der Waals surface area (Å²) in [5.74, 6) is -0.913. The first-order valence-electron chi connectivity index (χ1n) is 3.28. The zero-order valence-electron chi connectivity index (χ0n) is 6.48. The smallest absolute Gasteiger partial charge is 0.335 e. The Balaban J connectivity index is 2.78. The highest BCUT2D eigenvalue weighted by Gasteiger charge is 2.01. The van der Waals surface area contributed by atoms with Gasteiger partial charge in [-0.3, -0.25) is 0 Å². The number of hydrogen-bond acceptors (Lipinski definition) is 3. The Hall–Kier alpha value is -1.00. The van der Waals surface area contributed by atoms with Crippen LogP contribution in [0.3, 0.4) is 0 Å². The van der Waals surface area contributed by atoms with Gasteiger partial charge in [0.2, 0.25) is 0 Å². The number of carboxylic acids is 1. The summed E-state index contributed by atoms with van der Waals surface area (Å²) in [5, 5.41) is 8.57. The Morgan fingerprint density at radius 2 is 2.00 bits per heavy atom. The molecule has 1 N–H and O–H groups in total. The zero-order chi connectivity index (χ0) is 8.97. The van der Waals surface area contributed by atoms with E-state index in [2.05, 4.69) is 0 Å². The van der Waals surface area contributed by atoms with Gasteiger partial charge in [0.05, 0.1) is 12.7 Å². The molecule has 4 heteroatoms. The molecule has 1 aromatic rings. The second-order valence-electron chi connectivity index (χ2n) is 2.08. The minimum atomic E-state index is -0.913. The van der Waals surface area contributed by atoms with Crippen molar-refractivity contribution in [2.45, 2.75) is 4.90 Å². The van der Waals surface area contributed by atoms with E-state index in [9.17, 15) is 4.79 Å². The van der Waals surface area contributed by atoms with Gasteiger partial charge in [-0.1, -0.05) is 0 Å². The van der Waals surface area contributed by atoms with Crippen LogP contribution < -0.4 is 0 Å². The Morgan fingerprint density at radius 1 is 1.42 bits per heavy atom. The number of hydrogen-bond donors (Lipinski definition) is 1. The van der Waals surface area contributed by atoms with Gasteiger partial charge in [0.1, 0.15) is 0 Å². The predicted octanol–water partition coefficient (Wildman–Crippen LogP) is 2.04. The fourth-order valence-corrected chi connectivity index (χ4v) is 1.19. The monoisotopic (exact) mass is 184 g/mol. The molecule has 0 atom stereocenters. The zero-order valence-corrected chi connectivity index (χ0v) is 7.30. The van der Waals surface area contributed by atoms with Crippen molar-refractivity contribution in [1.82, 2.24) is 0 Å². The molecule has 0 aliphatic heterocycles. The quantitative estimate of drug-likeness (QED) is 0.730. The molecule has 12 heavy (non-hydrogen) atoms. The van der Waals surface area contributed by atoms with E-state index in [-0.39, 0.29) is 5.56 Å². The molecule has 64 valence electrons. The van der Waals surface area contributed by atoms with Gasteiger partial charge in [0.15, 0.2) is 0 Å². The van der Waals surface area contributed by atoms with Crippen LogP contribution in [0.15, 0.2) is 29.2 Å². The van der Waals surface area contributed by atoms with Gasteiger partial charge in [-0.25, -0.2) is 4.79 Å². The second kappa shape index (κ2) is 4.13.